The molecule has 5 heteroatoms. The summed E-state index contributed by atoms with van der Waals surface area (Å²) in [7, 11) is 0. The molecule has 2 rings (SSSR count). The summed E-state index contributed by atoms with van der Waals surface area (Å²) in [6.07, 6.45) is 2.04. The summed E-state index contributed by atoms with van der Waals surface area (Å²) in [5.41, 5.74) is 3.63. The van der Waals surface area contributed by atoms with Gasteiger partial charge in [-0.3, -0.25) is 4.79 Å². The molecule has 0 aliphatic rings. The van der Waals surface area contributed by atoms with Crippen LogP contribution in [0.2, 0.25) is 0 Å². The van der Waals surface area contributed by atoms with Gasteiger partial charge in [-0.15, -0.1) is 0 Å². The van der Waals surface area contributed by atoms with Crippen LogP contribution in [-0.4, -0.2) is 24.6 Å². The molecular formula is C24H29NO4. The van der Waals surface area contributed by atoms with Gasteiger partial charge in [0, 0.05) is 11.8 Å². The normalized spacial score (nSPS) is 12.1. The number of hydrogen-bond donors (Lipinski definition) is 1. The molecule has 0 heterocycles. The van der Waals surface area contributed by atoms with E-state index in [0.29, 0.717) is 6.61 Å². The Labute approximate surface area is 172 Å². The van der Waals surface area contributed by atoms with Gasteiger partial charge in [0.25, 0.3) is 5.91 Å². The molecule has 2 aromatic rings. The molecule has 0 fully saturated rings. The molecule has 0 aromatic heterocycles. The fraction of sp³-hybridized carbons (Fsp3) is 0.333. The topological polar surface area (TPSA) is 64.6 Å². The van der Waals surface area contributed by atoms with Crippen molar-refractivity contribution in [1.82, 2.24) is 0 Å². The van der Waals surface area contributed by atoms with E-state index in [-0.39, 0.29) is 11.8 Å². The maximum absolute atomic E-state index is 12.5. The maximum atomic E-state index is 12.5. The minimum Gasteiger partial charge on any atom is -0.494 e. The number of amides is 1. The number of carbonyl (C=O) groups is 2. The zero-order chi connectivity index (χ0) is 21.4. The van der Waals surface area contributed by atoms with E-state index in [1.165, 1.54) is 6.08 Å². The lowest BCUT2D eigenvalue weighted by Gasteiger charge is -2.18. The van der Waals surface area contributed by atoms with E-state index in [2.05, 4.69) is 19.2 Å². The predicted octanol–water partition coefficient (Wildman–Crippen LogP) is 5.10. The fourth-order valence-electron chi connectivity index (χ4n) is 2.84. The van der Waals surface area contributed by atoms with Crippen molar-refractivity contribution in [3.8, 4) is 5.75 Å². The highest BCUT2D eigenvalue weighted by Gasteiger charge is 2.19. The molecule has 0 saturated heterocycles. The number of carbonyl (C=O) groups excluding carboxylic acids is 2. The molecule has 1 atom stereocenters. The highest BCUT2D eigenvalue weighted by Crippen LogP contribution is 2.27. The van der Waals surface area contributed by atoms with Gasteiger partial charge in [-0.05, 0) is 61.6 Å². The van der Waals surface area contributed by atoms with Crippen LogP contribution >= 0.6 is 0 Å². The zero-order valence-electron chi connectivity index (χ0n) is 17.7. The second-order valence-corrected chi connectivity index (χ2v) is 7.10. The van der Waals surface area contributed by atoms with Crippen molar-refractivity contribution < 1.29 is 19.1 Å². The minimum absolute atomic E-state index is 0.264. The van der Waals surface area contributed by atoms with E-state index in [4.69, 9.17) is 9.47 Å². The molecule has 29 heavy (non-hydrogen) atoms. The summed E-state index contributed by atoms with van der Waals surface area (Å²) in [5.74, 6) is 0.106. The molecule has 1 N–H and O–H groups in total. The Morgan fingerprint density at radius 1 is 1.07 bits per heavy atom. The van der Waals surface area contributed by atoms with Gasteiger partial charge < -0.3 is 14.8 Å². The van der Waals surface area contributed by atoms with E-state index >= 15 is 0 Å². The smallest absolute Gasteiger partial charge is 0.331 e. The van der Waals surface area contributed by atoms with Gasteiger partial charge in [-0.2, -0.15) is 0 Å². The van der Waals surface area contributed by atoms with Crippen LogP contribution < -0.4 is 10.1 Å². The summed E-state index contributed by atoms with van der Waals surface area (Å²) in [4.78, 5) is 24.6. The molecule has 1 amide bonds. The van der Waals surface area contributed by atoms with Crippen molar-refractivity contribution >= 4 is 23.6 Å². The molecule has 0 bridgehead atoms. The number of para-hydroxylation sites is 1. The third-order valence-corrected chi connectivity index (χ3v) is 4.44. The van der Waals surface area contributed by atoms with Crippen LogP contribution in [0.4, 0.5) is 5.69 Å². The second kappa shape index (κ2) is 10.5. The molecule has 154 valence electrons. The third kappa shape index (κ3) is 6.49. The zero-order valence-corrected chi connectivity index (χ0v) is 17.7. The quantitative estimate of drug-likeness (QED) is 0.499. The molecular weight excluding hydrogens is 366 g/mol. The number of hydrogen-bond acceptors (Lipinski definition) is 4. The van der Waals surface area contributed by atoms with Crippen molar-refractivity contribution in [3.05, 3.63) is 65.2 Å². The number of benzene rings is 2. The Bertz CT molecular complexity index is 869. The van der Waals surface area contributed by atoms with Crippen molar-refractivity contribution in [2.45, 2.75) is 46.6 Å². The number of rotatable bonds is 8. The minimum atomic E-state index is -0.910. The van der Waals surface area contributed by atoms with Crippen molar-refractivity contribution in [3.63, 3.8) is 0 Å². The van der Waals surface area contributed by atoms with Gasteiger partial charge in [0.15, 0.2) is 6.10 Å². The Balaban J connectivity index is 1.96. The highest BCUT2D eigenvalue weighted by atomic mass is 16.5. The number of aryl methyl sites for hydroxylation is 1. The van der Waals surface area contributed by atoms with Crippen LogP contribution in [0.3, 0.4) is 0 Å². The van der Waals surface area contributed by atoms with Gasteiger partial charge in [-0.1, -0.05) is 44.2 Å². The predicted molar refractivity (Wildman–Crippen MR) is 116 cm³/mol. The Morgan fingerprint density at radius 2 is 1.76 bits per heavy atom. The molecule has 0 spiro atoms. The van der Waals surface area contributed by atoms with Crippen LogP contribution in [0.15, 0.2) is 48.5 Å². The summed E-state index contributed by atoms with van der Waals surface area (Å²) in [5, 5.41) is 2.90. The van der Waals surface area contributed by atoms with Crippen LogP contribution in [0.1, 0.15) is 50.3 Å². The first kappa shape index (κ1) is 22.2. The molecule has 0 unspecified atom stereocenters. The standard InChI is InChI=1S/C24H29NO4/c1-6-28-20-13-10-19(11-14-20)12-15-22(26)29-18(5)24(27)25-23-17(4)8-7-9-21(23)16(2)3/h7-16,18H,6H2,1-5H3,(H,25,27)/b15-12+/t18-/m1/s1. The molecule has 0 aliphatic heterocycles. The number of ether oxygens (including phenoxy) is 2. The largest absolute Gasteiger partial charge is 0.494 e. The first-order valence-corrected chi connectivity index (χ1v) is 9.83. The van der Waals surface area contributed by atoms with Gasteiger partial charge in [0.05, 0.1) is 6.61 Å². The van der Waals surface area contributed by atoms with E-state index < -0.39 is 12.1 Å². The Kier molecular flexibility index (Phi) is 8.01. The molecule has 0 saturated carbocycles. The van der Waals surface area contributed by atoms with Gasteiger partial charge in [-0.25, -0.2) is 4.79 Å². The average Bonchev–Trinajstić information content (AvgIpc) is 2.69. The van der Waals surface area contributed by atoms with Crippen molar-refractivity contribution in [2.24, 2.45) is 0 Å². The number of nitrogens with one attached hydrogen (secondary N) is 1. The van der Waals surface area contributed by atoms with E-state index in [1.807, 2.05) is 56.3 Å². The Morgan fingerprint density at radius 3 is 2.38 bits per heavy atom. The average molecular weight is 395 g/mol. The molecule has 2 aromatic carbocycles. The molecule has 0 aliphatic carbocycles. The molecule has 5 nitrogen and oxygen atoms in total. The summed E-state index contributed by atoms with van der Waals surface area (Å²) < 4.78 is 10.6. The first-order valence-electron chi connectivity index (χ1n) is 9.83. The van der Waals surface area contributed by atoms with Crippen molar-refractivity contribution in [2.75, 3.05) is 11.9 Å². The highest BCUT2D eigenvalue weighted by molar-refractivity contribution is 5.97. The lowest BCUT2D eigenvalue weighted by atomic mass is 9.98. The first-order chi connectivity index (χ1) is 13.8. The van der Waals surface area contributed by atoms with E-state index in [1.54, 1.807) is 13.0 Å². The van der Waals surface area contributed by atoms with Gasteiger partial charge >= 0.3 is 5.97 Å². The maximum Gasteiger partial charge on any atom is 0.331 e. The fourth-order valence-corrected chi connectivity index (χ4v) is 2.84. The van der Waals surface area contributed by atoms with Gasteiger partial charge in [0.2, 0.25) is 0 Å². The third-order valence-electron chi connectivity index (χ3n) is 4.44. The lowest BCUT2D eigenvalue weighted by molar-refractivity contribution is -0.148. The number of anilines is 1. The van der Waals surface area contributed by atoms with Crippen LogP contribution in [0, 0.1) is 6.92 Å². The van der Waals surface area contributed by atoms with E-state index in [0.717, 1.165) is 28.1 Å². The number of esters is 1. The lowest BCUT2D eigenvalue weighted by Crippen LogP contribution is -2.30. The second-order valence-electron chi connectivity index (χ2n) is 7.10. The summed E-state index contributed by atoms with van der Waals surface area (Å²) >= 11 is 0. The summed E-state index contributed by atoms with van der Waals surface area (Å²) in [6.45, 7) is 10.2. The van der Waals surface area contributed by atoms with Gasteiger partial charge in [0.1, 0.15) is 5.75 Å². The van der Waals surface area contributed by atoms with Crippen LogP contribution in [0.25, 0.3) is 6.08 Å². The monoisotopic (exact) mass is 395 g/mol. The van der Waals surface area contributed by atoms with Crippen LogP contribution in [0.5, 0.6) is 5.75 Å². The molecule has 0 radical (unpaired) electrons. The van der Waals surface area contributed by atoms with Crippen molar-refractivity contribution in [1.29, 1.82) is 0 Å². The SMILES string of the molecule is CCOc1ccc(/C=C/C(=O)O[C@H](C)C(=O)Nc2c(C)cccc2C(C)C)cc1. The Hall–Kier alpha value is -3.08. The van der Waals surface area contributed by atoms with Crippen LogP contribution in [-0.2, 0) is 14.3 Å². The summed E-state index contributed by atoms with van der Waals surface area (Å²) in [6, 6.07) is 13.3. The van der Waals surface area contributed by atoms with E-state index in [9.17, 15) is 9.59 Å².